The number of thioether (sulfide) groups is 1. The van der Waals surface area contributed by atoms with E-state index in [1.54, 1.807) is 18.7 Å². The van der Waals surface area contributed by atoms with E-state index in [0.29, 0.717) is 15.7 Å². The monoisotopic (exact) mass is 422 g/mol. The van der Waals surface area contributed by atoms with Gasteiger partial charge in [-0.2, -0.15) is 5.26 Å². The zero-order valence-electron chi connectivity index (χ0n) is 15.8. The number of aromatic nitrogens is 2. The number of hydrogen-bond acceptors (Lipinski definition) is 7. The van der Waals surface area contributed by atoms with Gasteiger partial charge in [0.2, 0.25) is 5.91 Å². The summed E-state index contributed by atoms with van der Waals surface area (Å²) in [6.07, 6.45) is 4.47. The summed E-state index contributed by atoms with van der Waals surface area (Å²) in [7, 11) is 1.63. The smallest absolute Gasteiger partial charge is 0.236 e. The van der Waals surface area contributed by atoms with Crippen LogP contribution in [-0.4, -0.2) is 28.7 Å². The van der Waals surface area contributed by atoms with Gasteiger partial charge in [-0.1, -0.05) is 23.9 Å². The highest BCUT2D eigenvalue weighted by molar-refractivity contribution is 8.00. The minimum atomic E-state index is -0.165. The lowest BCUT2D eigenvalue weighted by molar-refractivity contribution is -0.113. The van der Waals surface area contributed by atoms with E-state index in [-0.39, 0.29) is 11.7 Å². The number of hydrogen-bond donors (Lipinski definition) is 1. The number of nitriles is 1. The third kappa shape index (κ3) is 4.11. The average Bonchev–Trinajstić information content (AvgIpc) is 3.42. The SMILES string of the molecule is COc1ccc(-c2c(C#N)c(SCC(=O)Nc3nccs3)nc3c2CCC3)cc1. The Morgan fingerprint density at radius 1 is 1.34 bits per heavy atom. The number of pyridine rings is 1. The van der Waals surface area contributed by atoms with Crippen molar-refractivity contribution in [3.05, 3.63) is 52.7 Å². The molecule has 0 radical (unpaired) electrons. The first-order chi connectivity index (χ1) is 14.2. The van der Waals surface area contributed by atoms with Gasteiger partial charge in [0, 0.05) is 22.8 Å². The minimum Gasteiger partial charge on any atom is -0.497 e. The van der Waals surface area contributed by atoms with Gasteiger partial charge in [0.05, 0.1) is 18.4 Å². The molecule has 1 aliphatic rings. The summed E-state index contributed by atoms with van der Waals surface area (Å²) in [5.41, 5.74) is 4.60. The molecule has 29 heavy (non-hydrogen) atoms. The zero-order valence-corrected chi connectivity index (χ0v) is 17.4. The summed E-state index contributed by atoms with van der Waals surface area (Å²) in [5, 5.41) is 15.7. The Hall–Kier alpha value is -2.89. The van der Waals surface area contributed by atoms with E-state index >= 15 is 0 Å². The fraction of sp³-hybridized carbons (Fsp3) is 0.238. The molecular formula is C21H18N4O2S2. The average molecular weight is 423 g/mol. The first-order valence-electron chi connectivity index (χ1n) is 9.12. The Bertz CT molecular complexity index is 1070. The van der Waals surface area contributed by atoms with E-state index in [1.807, 2.05) is 24.3 Å². The van der Waals surface area contributed by atoms with Crippen molar-refractivity contribution in [3.8, 4) is 22.9 Å². The molecule has 3 aromatic rings. The van der Waals surface area contributed by atoms with Crippen LogP contribution < -0.4 is 10.1 Å². The van der Waals surface area contributed by atoms with Crippen LogP contribution in [-0.2, 0) is 17.6 Å². The van der Waals surface area contributed by atoms with Crippen LogP contribution in [0.15, 0.2) is 40.9 Å². The lowest BCUT2D eigenvalue weighted by Gasteiger charge is -2.15. The van der Waals surface area contributed by atoms with Gasteiger partial charge in [-0.3, -0.25) is 4.79 Å². The van der Waals surface area contributed by atoms with Gasteiger partial charge in [0.15, 0.2) is 5.13 Å². The standard InChI is InChI=1S/C21H18N4O2S2/c1-27-14-7-5-13(6-8-14)19-15-3-2-4-17(15)24-20(16(19)11-22)29-12-18(26)25-21-23-9-10-28-21/h5-10H,2-4,12H2,1H3,(H,23,25,26). The van der Waals surface area contributed by atoms with Crippen molar-refractivity contribution in [2.75, 3.05) is 18.2 Å². The molecule has 1 aliphatic carbocycles. The number of aryl methyl sites for hydroxylation is 1. The molecule has 0 atom stereocenters. The van der Waals surface area contributed by atoms with Gasteiger partial charge < -0.3 is 10.1 Å². The fourth-order valence-corrected chi connectivity index (χ4v) is 4.77. The van der Waals surface area contributed by atoms with Crippen molar-refractivity contribution in [1.82, 2.24) is 9.97 Å². The highest BCUT2D eigenvalue weighted by Crippen LogP contribution is 2.39. The molecule has 4 rings (SSSR count). The normalized spacial score (nSPS) is 12.3. The summed E-state index contributed by atoms with van der Waals surface area (Å²) in [5.74, 6) is 0.774. The zero-order chi connectivity index (χ0) is 20.2. The van der Waals surface area contributed by atoms with E-state index in [2.05, 4.69) is 16.4 Å². The molecule has 6 nitrogen and oxygen atoms in total. The van der Waals surface area contributed by atoms with E-state index < -0.39 is 0 Å². The second-order valence-electron chi connectivity index (χ2n) is 6.46. The summed E-state index contributed by atoms with van der Waals surface area (Å²) in [4.78, 5) is 21.0. The predicted molar refractivity (Wildman–Crippen MR) is 114 cm³/mol. The number of ether oxygens (including phenoxy) is 1. The molecule has 2 aromatic heterocycles. The maximum atomic E-state index is 12.3. The third-order valence-corrected chi connectivity index (χ3v) is 6.36. The van der Waals surface area contributed by atoms with Crippen LogP contribution in [0.4, 0.5) is 5.13 Å². The Labute approximate surface area is 177 Å². The van der Waals surface area contributed by atoms with E-state index in [0.717, 1.165) is 47.4 Å². The largest absolute Gasteiger partial charge is 0.497 e. The molecule has 2 heterocycles. The Morgan fingerprint density at radius 2 is 2.17 bits per heavy atom. The molecular weight excluding hydrogens is 404 g/mol. The molecule has 0 unspecified atom stereocenters. The number of methoxy groups -OCH3 is 1. The Balaban J connectivity index is 1.65. The highest BCUT2D eigenvalue weighted by atomic mass is 32.2. The van der Waals surface area contributed by atoms with Gasteiger partial charge in [-0.15, -0.1) is 11.3 Å². The predicted octanol–water partition coefficient (Wildman–Crippen LogP) is 4.30. The van der Waals surface area contributed by atoms with Crippen LogP contribution in [0, 0.1) is 11.3 Å². The van der Waals surface area contributed by atoms with Crippen LogP contribution in [0.3, 0.4) is 0 Å². The third-order valence-electron chi connectivity index (χ3n) is 4.70. The summed E-state index contributed by atoms with van der Waals surface area (Å²) >= 11 is 2.66. The van der Waals surface area contributed by atoms with Crippen LogP contribution >= 0.6 is 23.1 Å². The van der Waals surface area contributed by atoms with Crippen LogP contribution in [0.1, 0.15) is 23.2 Å². The number of fused-ring (bicyclic) bond motifs is 1. The molecule has 0 aliphatic heterocycles. The number of nitrogens with zero attached hydrogens (tertiary/aromatic N) is 3. The molecule has 1 aromatic carbocycles. The molecule has 1 N–H and O–H groups in total. The molecule has 0 bridgehead atoms. The second kappa shape index (κ2) is 8.64. The number of benzene rings is 1. The topological polar surface area (TPSA) is 87.9 Å². The minimum absolute atomic E-state index is 0.165. The number of rotatable bonds is 6. The molecule has 0 saturated heterocycles. The second-order valence-corrected chi connectivity index (χ2v) is 8.32. The van der Waals surface area contributed by atoms with E-state index in [4.69, 9.17) is 9.72 Å². The fourth-order valence-electron chi connectivity index (χ4n) is 3.42. The van der Waals surface area contributed by atoms with Crippen molar-refractivity contribution < 1.29 is 9.53 Å². The summed E-state index contributed by atoms with van der Waals surface area (Å²) in [6.45, 7) is 0. The van der Waals surface area contributed by atoms with E-state index in [1.165, 1.54) is 23.1 Å². The van der Waals surface area contributed by atoms with Gasteiger partial charge in [-0.05, 0) is 42.5 Å². The number of carbonyl (C=O) groups is 1. The van der Waals surface area contributed by atoms with E-state index in [9.17, 15) is 10.1 Å². The first kappa shape index (κ1) is 19.4. The lowest BCUT2D eigenvalue weighted by atomic mass is 9.95. The lowest BCUT2D eigenvalue weighted by Crippen LogP contribution is -2.14. The quantitative estimate of drug-likeness (QED) is 0.596. The summed E-state index contributed by atoms with van der Waals surface area (Å²) < 4.78 is 5.26. The van der Waals surface area contributed by atoms with Crippen LogP contribution in [0.25, 0.3) is 11.1 Å². The summed E-state index contributed by atoms with van der Waals surface area (Å²) in [6, 6.07) is 10.1. The molecule has 8 heteroatoms. The van der Waals surface area contributed by atoms with Crippen LogP contribution in [0.2, 0.25) is 0 Å². The molecule has 0 saturated carbocycles. The number of amides is 1. The van der Waals surface area contributed by atoms with Crippen molar-refractivity contribution in [2.45, 2.75) is 24.3 Å². The highest BCUT2D eigenvalue weighted by Gasteiger charge is 2.24. The number of nitrogens with one attached hydrogen (secondary N) is 1. The maximum absolute atomic E-state index is 12.3. The number of thiazole rings is 1. The first-order valence-corrected chi connectivity index (χ1v) is 11.0. The maximum Gasteiger partial charge on any atom is 0.236 e. The van der Waals surface area contributed by atoms with Crippen molar-refractivity contribution in [3.63, 3.8) is 0 Å². The van der Waals surface area contributed by atoms with Crippen molar-refractivity contribution in [1.29, 1.82) is 5.26 Å². The Morgan fingerprint density at radius 3 is 2.86 bits per heavy atom. The number of carbonyl (C=O) groups excluding carboxylic acids is 1. The molecule has 1 amide bonds. The van der Waals surface area contributed by atoms with Crippen molar-refractivity contribution in [2.24, 2.45) is 0 Å². The Kier molecular flexibility index (Phi) is 5.79. The molecule has 0 spiro atoms. The molecule has 0 fully saturated rings. The van der Waals surface area contributed by atoms with Crippen molar-refractivity contribution >= 4 is 34.1 Å². The van der Waals surface area contributed by atoms with Gasteiger partial charge in [0.1, 0.15) is 16.8 Å². The van der Waals surface area contributed by atoms with Crippen LogP contribution in [0.5, 0.6) is 5.75 Å². The van der Waals surface area contributed by atoms with Gasteiger partial charge >= 0.3 is 0 Å². The molecule has 146 valence electrons. The van der Waals surface area contributed by atoms with Gasteiger partial charge in [-0.25, -0.2) is 9.97 Å². The van der Waals surface area contributed by atoms with Gasteiger partial charge in [0.25, 0.3) is 0 Å². The number of anilines is 1.